The first kappa shape index (κ1) is 24.1. The molecule has 1 aliphatic heterocycles. The molecule has 6 nitrogen and oxygen atoms in total. The monoisotopic (exact) mass is 490 g/mol. The van der Waals surface area contributed by atoms with E-state index in [0.717, 1.165) is 44.4 Å². The highest BCUT2D eigenvalue weighted by atomic mass is 127. The summed E-state index contributed by atoms with van der Waals surface area (Å²) in [5, 5.41) is 17.3. The summed E-state index contributed by atoms with van der Waals surface area (Å²) in [5.74, 6) is 0.727. The number of halogens is 1. The molecule has 1 fully saturated rings. The number of rotatable bonds is 7. The second-order valence-electron chi connectivity index (χ2n) is 7.60. The normalized spacial score (nSPS) is 18.3. The number of guanidine groups is 1. The maximum atomic E-state index is 10.8. The Balaban J connectivity index is 0.00000364. The first-order chi connectivity index (χ1) is 12.3. The fourth-order valence-electron chi connectivity index (χ4n) is 3.04. The van der Waals surface area contributed by atoms with Crippen molar-refractivity contribution in [1.29, 1.82) is 0 Å². The van der Waals surface area contributed by atoms with Gasteiger partial charge in [0.15, 0.2) is 5.96 Å². The van der Waals surface area contributed by atoms with Crippen LogP contribution in [0, 0.1) is 0 Å². The molecule has 0 radical (unpaired) electrons. The number of morpholine rings is 1. The molecule has 1 aliphatic rings. The summed E-state index contributed by atoms with van der Waals surface area (Å²) in [5.41, 5.74) is -0.109. The molecule has 0 aromatic heterocycles. The zero-order valence-corrected chi connectivity index (χ0v) is 19.3. The zero-order valence-electron chi connectivity index (χ0n) is 17.0. The fourth-order valence-corrected chi connectivity index (χ4v) is 3.04. The van der Waals surface area contributed by atoms with Crippen LogP contribution in [-0.4, -0.2) is 67.4 Å². The van der Waals surface area contributed by atoms with Crippen molar-refractivity contribution in [1.82, 2.24) is 15.5 Å². The average Bonchev–Trinajstić information content (AvgIpc) is 2.65. The molecular formula is C20H35IN4O2. The van der Waals surface area contributed by atoms with E-state index in [1.165, 1.54) is 0 Å². The number of nitrogens with zero attached hydrogens (tertiary/aromatic N) is 2. The molecule has 1 unspecified atom stereocenters. The highest BCUT2D eigenvalue weighted by molar-refractivity contribution is 14.0. The van der Waals surface area contributed by atoms with Crippen molar-refractivity contribution in [2.45, 2.75) is 38.8 Å². The third kappa shape index (κ3) is 7.56. The van der Waals surface area contributed by atoms with E-state index in [4.69, 9.17) is 9.73 Å². The molecule has 0 saturated carbocycles. The van der Waals surface area contributed by atoms with E-state index in [1.807, 2.05) is 44.2 Å². The Morgan fingerprint density at radius 3 is 2.37 bits per heavy atom. The van der Waals surface area contributed by atoms with Crippen molar-refractivity contribution in [2.24, 2.45) is 4.99 Å². The molecule has 0 aliphatic carbocycles. The van der Waals surface area contributed by atoms with Gasteiger partial charge >= 0.3 is 0 Å². The van der Waals surface area contributed by atoms with Crippen molar-refractivity contribution in [3.05, 3.63) is 35.9 Å². The van der Waals surface area contributed by atoms with Crippen LogP contribution in [0.2, 0.25) is 0 Å². The van der Waals surface area contributed by atoms with E-state index >= 15 is 0 Å². The SMILES string of the molecule is CCNC(=NCC(C)(C)N1CCOCC1)NCC(C)(O)c1ccccc1.I. The van der Waals surface area contributed by atoms with Crippen molar-refractivity contribution >= 4 is 29.9 Å². The minimum atomic E-state index is -0.961. The van der Waals surface area contributed by atoms with Gasteiger partial charge in [-0.2, -0.15) is 0 Å². The highest BCUT2D eigenvalue weighted by Gasteiger charge is 2.28. The van der Waals surface area contributed by atoms with Gasteiger partial charge in [-0.05, 0) is 33.3 Å². The molecule has 2 rings (SSSR count). The smallest absolute Gasteiger partial charge is 0.191 e. The lowest BCUT2D eigenvalue weighted by atomic mass is 9.96. The minimum Gasteiger partial charge on any atom is -0.384 e. The third-order valence-corrected chi connectivity index (χ3v) is 4.83. The van der Waals surface area contributed by atoms with Crippen LogP contribution in [0.4, 0.5) is 0 Å². The van der Waals surface area contributed by atoms with Crippen molar-refractivity contribution in [3.8, 4) is 0 Å². The minimum absolute atomic E-state index is 0. The lowest BCUT2D eigenvalue weighted by molar-refractivity contribution is -0.00685. The first-order valence-corrected chi connectivity index (χ1v) is 9.48. The van der Waals surface area contributed by atoms with Gasteiger partial charge in [0.1, 0.15) is 5.60 Å². The van der Waals surface area contributed by atoms with Crippen molar-refractivity contribution in [2.75, 3.05) is 45.9 Å². The Hall–Kier alpha value is -0.900. The second-order valence-corrected chi connectivity index (χ2v) is 7.60. The summed E-state index contributed by atoms with van der Waals surface area (Å²) in [6.07, 6.45) is 0. The molecule has 1 aromatic carbocycles. The lowest BCUT2D eigenvalue weighted by Gasteiger charge is -2.40. The van der Waals surface area contributed by atoms with Gasteiger partial charge in [0.05, 0.1) is 26.3 Å². The predicted molar refractivity (Wildman–Crippen MR) is 122 cm³/mol. The van der Waals surface area contributed by atoms with Crippen LogP contribution in [0.3, 0.4) is 0 Å². The van der Waals surface area contributed by atoms with Crippen LogP contribution >= 0.6 is 24.0 Å². The second kappa shape index (κ2) is 11.2. The van der Waals surface area contributed by atoms with E-state index in [2.05, 4.69) is 29.4 Å². The Labute approximate surface area is 180 Å². The average molecular weight is 490 g/mol. The van der Waals surface area contributed by atoms with Crippen LogP contribution in [0.5, 0.6) is 0 Å². The van der Waals surface area contributed by atoms with Gasteiger partial charge in [-0.25, -0.2) is 0 Å². The molecule has 0 spiro atoms. The molecule has 1 saturated heterocycles. The summed E-state index contributed by atoms with van der Waals surface area (Å²) in [7, 11) is 0. The largest absolute Gasteiger partial charge is 0.384 e. The number of benzene rings is 1. The van der Waals surface area contributed by atoms with Crippen LogP contribution in [0.25, 0.3) is 0 Å². The molecule has 0 bridgehead atoms. The van der Waals surface area contributed by atoms with Crippen LogP contribution in [0.15, 0.2) is 35.3 Å². The zero-order chi connectivity index (χ0) is 19.0. The van der Waals surface area contributed by atoms with Crippen LogP contribution < -0.4 is 10.6 Å². The number of hydrogen-bond donors (Lipinski definition) is 3. The summed E-state index contributed by atoms with van der Waals surface area (Å²) in [6, 6.07) is 9.70. The van der Waals surface area contributed by atoms with Gasteiger partial charge in [-0.15, -0.1) is 24.0 Å². The van der Waals surface area contributed by atoms with E-state index in [1.54, 1.807) is 0 Å². The van der Waals surface area contributed by atoms with Crippen LogP contribution in [-0.2, 0) is 10.3 Å². The van der Waals surface area contributed by atoms with Gasteiger partial charge in [0.2, 0.25) is 0 Å². The van der Waals surface area contributed by atoms with Gasteiger partial charge in [0, 0.05) is 25.2 Å². The van der Waals surface area contributed by atoms with Crippen molar-refractivity contribution < 1.29 is 9.84 Å². The fraction of sp³-hybridized carbons (Fsp3) is 0.650. The molecular weight excluding hydrogens is 455 g/mol. The third-order valence-electron chi connectivity index (χ3n) is 4.83. The number of ether oxygens (including phenoxy) is 1. The first-order valence-electron chi connectivity index (χ1n) is 9.48. The quantitative estimate of drug-likeness (QED) is 0.311. The highest BCUT2D eigenvalue weighted by Crippen LogP contribution is 2.19. The number of nitrogens with one attached hydrogen (secondary N) is 2. The van der Waals surface area contributed by atoms with E-state index in [-0.39, 0.29) is 29.5 Å². The van der Waals surface area contributed by atoms with E-state index in [9.17, 15) is 5.11 Å². The summed E-state index contributed by atoms with van der Waals surface area (Å²) in [6.45, 7) is 13.6. The topological polar surface area (TPSA) is 69.1 Å². The standard InChI is InChI=1S/C20H34N4O2.HI/c1-5-21-18(22-15-19(2,3)24-11-13-26-14-12-24)23-16-20(4,25)17-9-7-6-8-10-17;/h6-10,25H,5,11-16H2,1-4H3,(H2,21,22,23);1H. The van der Waals surface area contributed by atoms with E-state index < -0.39 is 5.60 Å². The lowest BCUT2D eigenvalue weighted by Crippen LogP contribution is -2.52. The van der Waals surface area contributed by atoms with Gasteiger partial charge < -0.3 is 20.5 Å². The van der Waals surface area contributed by atoms with Gasteiger partial charge in [-0.1, -0.05) is 30.3 Å². The summed E-state index contributed by atoms with van der Waals surface area (Å²) in [4.78, 5) is 7.18. The van der Waals surface area contributed by atoms with Crippen molar-refractivity contribution in [3.63, 3.8) is 0 Å². The maximum Gasteiger partial charge on any atom is 0.191 e. The molecule has 1 aromatic rings. The van der Waals surface area contributed by atoms with Gasteiger partial charge in [0.25, 0.3) is 0 Å². The van der Waals surface area contributed by atoms with E-state index in [0.29, 0.717) is 13.1 Å². The number of aliphatic imine (C=N–C) groups is 1. The maximum absolute atomic E-state index is 10.8. The molecule has 1 atom stereocenters. The Morgan fingerprint density at radius 1 is 1.15 bits per heavy atom. The molecule has 154 valence electrons. The molecule has 0 amide bonds. The Kier molecular flexibility index (Phi) is 10.0. The van der Waals surface area contributed by atoms with Crippen LogP contribution in [0.1, 0.15) is 33.3 Å². The Bertz CT molecular complexity index is 573. The van der Waals surface area contributed by atoms with Gasteiger partial charge in [-0.3, -0.25) is 9.89 Å². The number of aliphatic hydroxyl groups is 1. The predicted octanol–water partition coefficient (Wildman–Crippen LogP) is 2.18. The Morgan fingerprint density at radius 2 is 1.78 bits per heavy atom. The summed E-state index contributed by atoms with van der Waals surface area (Å²) >= 11 is 0. The molecule has 1 heterocycles. The summed E-state index contributed by atoms with van der Waals surface area (Å²) < 4.78 is 5.45. The molecule has 7 heteroatoms. The number of hydrogen-bond acceptors (Lipinski definition) is 4. The molecule has 27 heavy (non-hydrogen) atoms. The molecule has 3 N–H and O–H groups in total.